The van der Waals surface area contributed by atoms with E-state index >= 15 is 0 Å². The lowest BCUT2D eigenvalue weighted by Gasteiger charge is -2.20. The Balaban J connectivity index is 1.40. The van der Waals surface area contributed by atoms with Gasteiger partial charge in [0.1, 0.15) is 5.52 Å². The first-order valence-corrected chi connectivity index (χ1v) is 13.9. The molecular formula is C37H29N3O. The maximum atomic E-state index is 6.52. The molecule has 0 atom stereocenters. The van der Waals surface area contributed by atoms with Crippen LogP contribution in [0.5, 0.6) is 0 Å². The predicted octanol–water partition coefficient (Wildman–Crippen LogP) is 9.91. The normalized spacial score (nSPS) is 12.2. The summed E-state index contributed by atoms with van der Waals surface area (Å²) in [5, 5.41) is 4.59. The van der Waals surface area contributed by atoms with Crippen LogP contribution in [0, 0.1) is 0 Å². The van der Waals surface area contributed by atoms with E-state index in [4.69, 9.17) is 14.4 Å². The Hall–Kier alpha value is -5.09. The number of nitrogens with zero attached hydrogens (tertiary/aromatic N) is 3. The highest BCUT2D eigenvalue weighted by Crippen LogP contribution is 2.40. The monoisotopic (exact) mass is 531 g/mol. The second-order valence-corrected chi connectivity index (χ2v) is 11.4. The van der Waals surface area contributed by atoms with Crippen molar-refractivity contribution in [2.75, 3.05) is 0 Å². The zero-order valence-electron chi connectivity index (χ0n) is 23.3. The summed E-state index contributed by atoms with van der Waals surface area (Å²) >= 11 is 0. The molecule has 0 spiro atoms. The van der Waals surface area contributed by atoms with Gasteiger partial charge in [-0.3, -0.25) is 9.98 Å². The quantitative estimate of drug-likeness (QED) is 0.212. The predicted molar refractivity (Wildman–Crippen MR) is 170 cm³/mol. The average Bonchev–Trinajstić information content (AvgIpc) is 3.43. The molecule has 2 heterocycles. The summed E-state index contributed by atoms with van der Waals surface area (Å²) in [5.41, 5.74) is 7.45. The second-order valence-electron chi connectivity index (χ2n) is 11.4. The molecule has 4 heteroatoms. The lowest BCUT2D eigenvalue weighted by molar-refractivity contribution is 0.584. The van der Waals surface area contributed by atoms with Crippen LogP contribution in [0.25, 0.3) is 55.2 Å². The highest BCUT2D eigenvalue weighted by molar-refractivity contribution is 6.04. The molecule has 7 rings (SSSR count). The van der Waals surface area contributed by atoms with Crippen molar-refractivity contribution in [3.63, 3.8) is 0 Å². The zero-order chi connectivity index (χ0) is 28.0. The number of pyridine rings is 1. The molecule has 7 aromatic rings. The van der Waals surface area contributed by atoms with E-state index in [1.54, 1.807) is 0 Å². The number of fused-ring (bicyclic) bond motifs is 3. The molecule has 4 nitrogen and oxygen atoms in total. The van der Waals surface area contributed by atoms with E-state index in [0.717, 1.165) is 49.8 Å². The van der Waals surface area contributed by atoms with Crippen molar-refractivity contribution in [1.82, 2.24) is 9.97 Å². The van der Waals surface area contributed by atoms with Gasteiger partial charge in [0.15, 0.2) is 5.58 Å². The smallest absolute Gasteiger partial charge is 0.229 e. The van der Waals surface area contributed by atoms with Gasteiger partial charge in [-0.15, -0.1) is 0 Å². The second kappa shape index (κ2) is 9.83. The minimum absolute atomic E-state index is 0.0748. The number of para-hydroxylation sites is 1. The minimum Gasteiger partial charge on any atom is -0.436 e. The molecule has 0 bridgehead atoms. The van der Waals surface area contributed by atoms with Gasteiger partial charge in [0.25, 0.3) is 0 Å². The summed E-state index contributed by atoms with van der Waals surface area (Å²) in [6, 6.07) is 35.3. The van der Waals surface area contributed by atoms with Crippen molar-refractivity contribution in [2.24, 2.45) is 4.99 Å². The van der Waals surface area contributed by atoms with Crippen LogP contribution in [-0.4, -0.2) is 16.2 Å². The SMILES string of the molecule is CC(C)(C)c1cc(-c2cncc3ccccc23)c2nc(-c3ccccc3N=Cc3cccc4ccccc34)oc2c1. The number of hydrogen-bond donors (Lipinski definition) is 0. The fourth-order valence-electron chi connectivity index (χ4n) is 5.38. The van der Waals surface area contributed by atoms with Gasteiger partial charge in [-0.1, -0.05) is 99.6 Å². The van der Waals surface area contributed by atoms with Crippen LogP contribution in [0.3, 0.4) is 0 Å². The summed E-state index contributed by atoms with van der Waals surface area (Å²) in [4.78, 5) is 14.6. The summed E-state index contributed by atoms with van der Waals surface area (Å²) in [6.45, 7) is 6.65. The Morgan fingerprint density at radius 3 is 2.27 bits per heavy atom. The van der Waals surface area contributed by atoms with E-state index in [2.05, 4.69) is 98.6 Å². The van der Waals surface area contributed by atoms with E-state index in [1.165, 1.54) is 16.3 Å². The van der Waals surface area contributed by atoms with Gasteiger partial charge in [-0.05, 0) is 51.4 Å². The summed E-state index contributed by atoms with van der Waals surface area (Å²) < 4.78 is 6.52. The number of rotatable bonds is 4. The van der Waals surface area contributed by atoms with Crippen molar-refractivity contribution < 1.29 is 4.42 Å². The Bertz CT molecular complexity index is 2090. The van der Waals surface area contributed by atoms with E-state index in [9.17, 15) is 0 Å². The number of aliphatic imine (C=N–C) groups is 1. The lowest BCUT2D eigenvalue weighted by Crippen LogP contribution is -2.11. The van der Waals surface area contributed by atoms with Crippen molar-refractivity contribution in [3.8, 4) is 22.6 Å². The molecule has 0 radical (unpaired) electrons. The van der Waals surface area contributed by atoms with E-state index in [0.29, 0.717) is 5.89 Å². The van der Waals surface area contributed by atoms with Crippen LogP contribution in [0.2, 0.25) is 0 Å². The van der Waals surface area contributed by atoms with Crippen molar-refractivity contribution >= 4 is 44.5 Å². The molecule has 0 amide bonds. The topological polar surface area (TPSA) is 51.3 Å². The third-order valence-electron chi connectivity index (χ3n) is 7.62. The van der Waals surface area contributed by atoms with Gasteiger partial charge in [0.05, 0.1) is 11.3 Å². The maximum Gasteiger partial charge on any atom is 0.229 e. The molecule has 0 aliphatic carbocycles. The fourth-order valence-corrected chi connectivity index (χ4v) is 5.38. The molecule has 2 aromatic heterocycles. The van der Waals surface area contributed by atoms with Crippen LogP contribution < -0.4 is 0 Å². The van der Waals surface area contributed by atoms with E-state index < -0.39 is 0 Å². The number of hydrogen-bond acceptors (Lipinski definition) is 4. The molecule has 0 aliphatic rings. The summed E-state index contributed by atoms with van der Waals surface area (Å²) in [6.07, 6.45) is 5.76. The molecule has 0 unspecified atom stereocenters. The van der Waals surface area contributed by atoms with Crippen LogP contribution in [0.15, 0.2) is 125 Å². The lowest BCUT2D eigenvalue weighted by atomic mass is 9.84. The fraction of sp³-hybridized carbons (Fsp3) is 0.108. The van der Waals surface area contributed by atoms with Gasteiger partial charge in [-0.25, -0.2) is 4.98 Å². The van der Waals surface area contributed by atoms with E-state index in [1.807, 2.05) is 48.9 Å². The Morgan fingerprint density at radius 2 is 1.41 bits per heavy atom. The van der Waals surface area contributed by atoms with Crippen LogP contribution in [0.1, 0.15) is 31.9 Å². The molecular weight excluding hydrogens is 502 g/mol. The summed E-state index contributed by atoms with van der Waals surface area (Å²) in [5.74, 6) is 0.547. The van der Waals surface area contributed by atoms with Crippen LogP contribution >= 0.6 is 0 Å². The largest absolute Gasteiger partial charge is 0.436 e. The van der Waals surface area contributed by atoms with E-state index in [-0.39, 0.29) is 5.41 Å². The van der Waals surface area contributed by atoms with Gasteiger partial charge >= 0.3 is 0 Å². The highest BCUT2D eigenvalue weighted by atomic mass is 16.3. The maximum absolute atomic E-state index is 6.52. The molecule has 0 saturated carbocycles. The number of aromatic nitrogens is 2. The van der Waals surface area contributed by atoms with Gasteiger partial charge in [0.2, 0.25) is 5.89 Å². The Labute approximate surface area is 239 Å². The molecule has 0 fully saturated rings. The van der Waals surface area contributed by atoms with Crippen molar-refractivity contribution in [2.45, 2.75) is 26.2 Å². The first-order valence-electron chi connectivity index (χ1n) is 13.9. The van der Waals surface area contributed by atoms with Crippen molar-refractivity contribution in [3.05, 3.63) is 127 Å². The summed E-state index contributed by atoms with van der Waals surface area (Å²) in [7, 11) is 0. The van der Waals surface area contributed by atoms with Gasteiger partial charge in [-0.2, -0.15) is 0 Å². The number of benzene rings is 5. The van der Waals surface area contributed by atoms with Crippen molar-refractivity contribution in [1.29, 1.82) is 0 Å². The Kier molecular flexibility index (Phi) is 5.97. The highest BCUT2D eigenvalue weighted by Gasteiger charge is 2.22. The molecule has 5 aromatic carbocycles. The van der Waals surface area contributed by atoms with Crippen LogP contribution in [0.4, 0.5) is 5.69 Å². The number of oxazole rings is 1. The van der Waals surface area contributed by atoms with Gasteiger partial charge < -0.3 is 4.42 Å². The Morgan fingerprint density at radius 1 is 0.683 bits per heavy atom. The minimum atomic E-state index is -0.0748. The average molecular weight is 532 g/mol. The molecule has 0 N–H and O–H groups in total. The first-order chi connectivity index (χ1) is 20.0. The molecule has 0 saturated heterocycles. The molecule has 41 heavy (non-hydrogen) atoms. The first kappa shape index (κ1) is 24.9. The zero-order valence-corrected chi connectivity index (χ0v) is 23.3. The molecule has 198 valence electrons. The third-order valence-corrected chi connectivity index (χ3v) is 7.62. The van der Waals surface area contributed by atoms with Crippen LogP contribution in [-0.2, 0) is 5.41 Å². The van der Waals surface area contributed by atoms with Gasteiger partial charge in [0, 0.05) is 40.7 Å². The molecule has 0 aliphatic heterocycles. The standard InChI is InChI=1S/C37H29N3O/c1-37(2,3)27-19-31(32-23-38-21-25-12-5-7-16-29(25)32)35-34(20-27)41-36(40-35)30-17-8-9-18-33(30)39-22-26-14-10-13-24-11-4-6-15-28(24)26/h4-23H,1-3H3. The third kappa shape index (κ3) is 4.57.